The van der Waals surface area contributed by atoms with E-state index in [9.17, 15) is 4.79 Å². The monoisotopic (exact) mass is 253 g/mol. The summed E-state index contributed by atoms with van der Waals surface area (Å²) in [6.45, 7) is 0. The van der Waals surface area contributed by atoms with Crippen molar-refractivity contribution >= 4 is 22.1 Å². The normalized spacial score (nSPS) is 11.6. The summed E-state index contributed by atoms with van der Waals surface area (Å²) >= 11 is 0. The van der Waals surface area contributed by atoms with Crippen molar-refractivity contribution in [1.82, 2.24) is 24.5 Å². The fourth-order valence-electron chi connectivity index (χ4n) is 2.34. The summed E-state index contributed by atoms with van der Waals surface area (Å²) in [4.78, 5) is 25.3. The second kappa shape index (κ2) is 3.38. The van der Waals surface area contributed by atoms with E-state index in [1.54, 1.807) is 11.6 Å². The molecule has 6 heteroatoms. The van der Waals surface area contributed by atoms with Crippen LogP contribution in [-0.4, -0.2) is 24.5 Å². The van der Waals surface area contributed by atoms with Gasteiger partial charge < -0.3 is 15.0 Å². The van der Waals surface area contributed by atoms with Crippen molar-refractivity contribution in [3.8, 4) is 11.5 Å². The number of fused-ring (bicyclic) bond motifs is 2. The Bertz CT molecular complexity index is 939. The van der Waals surface area contributed by atoms with Crippen LogP contribution in [0, 0.1) is 0 Å². The van der Waals surface area contributed by atoms with E-state index in [1.807, 2.05) is 30.5 Å². The molecule has 0 fully saturated rings. The lowest BCUT2D eigenvalue weighted by Gasteiger charge is -1.92. The number of rotatable bonds is 1. The molecule has 0 saturated heterocycles. The fraction of sp³-hybridized carbons (Fsp3) is 0.0769. The van der Waals surface area contributed by atoms with Gasteiger partial charge >= 0.3 is 5.69 Å². The molecule has 0 radical (unpaired) electrons. The van der Waals surface area contributed by atoms with Gasteiger partial charge in [-0.05, 0) is 24.3 Å². The summed E-state index contributed by atoms with van der Waals surface area (Å²) in [5.74, 6) is 0.789. The van der Waals surface area contributed by atoms with E-state index in [0.29, 0.717) is 0 Å². The van der Waals surface area contributed by atoms with Crippen LogP contribution in [0.1, 0.15) is 0 Å². The van der Waals surface area contributed by atoms with Gasteiger partial charge in [-0.2, -0.15) is 0 Å². The number of benzene rings is 1. The Balaban J connectivity index is 2.04. The Morgan fingerprint density at radius 1 is 1.21 bits per heavy atom. The second-order valence-electron chi connectivity index (χ2n) is 4.54. The third-order valence-electron chi connectivity index (χ3n) is 3.36. The molecule has 19 heavy (non-hydrogen) atoms. The zero-order chi connectivity index (χ0) is 13.0. The molecule has 1 aromatic carbocycles. The molecule has 0 spiro atoms. The highest BCUT2D eigenvalue weighted by Gasteiger charge is 2.09. The molecule has 0 aliphatic rings. The van der Waals surface area contributed by atoms with Gasteiger partial charge in [-0.15, -0.1) is 0 Å². The van der Waals surface area contributed by atoms with Gasteiger partial charge in [0.15, 0.2) is 5.82 Å². The molecule has 0 saturated carbocycles. The maximum absolute atomic E-state index is 11.6. The van der Waals surface area contributed by atoms with Crippen molar-refractivity contribution in [3.05, 3.63) is 40.9 Å². The summed E-state index contributed by atoms with van der Waals surface area (Å²) in [5, 5.41) is 0. The number of hydrogen-bond donors (Lipinski definition) is 3. The number of aromatic nitrogens is 5. The van der Waals surface area contributed by atoms with Crippen molar-refractivity contribution in [2.45, 2.75) is 0 Å². The molecule has 0 aliphatic heterocycles. The first-order valence-corrected chi connectivity index (χ1v) is 5.94. The highest BCUT2D eigenvalue weighted by molar-refractivity contribution is 5.92. The Kier molecular flexibility index (Phi) is 1.81. The predicted molar refractivity (Wildman–Crippen MR) is 73.0 cm³/mol. The van der Waals surface area contributed by atoms with E-state index in [-0.39, 0.29) is 5.69 Å². The average Bonchev–Trinajstić information content (AvgIpc) is 3.08. The molecule has 4 rings (SSSR count). The van der Waals surface area contributed by atoms with Gasteiger partial charge in [-0.3, -0.25) is 4.57 Å². The largest absolute Gasteiger partial charge is 0.359 e. The minimum absolute atomic E-state index is 0.118. The number of aromatic amines is 3. The first-order chi connectivity index (χ1) is 9.22. The molecular weight excluding hydrogens is 242 g/mol. The highest BCUT2D eigenvalue weighted by atomic mass is 16.1. The van der Waals surface area contributed by atoms with Gasteiger partial charge in [0.1, 0.15) is 0 Å². The lowest BCUT2D eigenvalue weighted by Crippen LogP contribution is -2.11. The van der Waals surface area contributed by atoms with Gasteiger partial charge in [-0.1, -0.05) is 0 Å². The van der Waals surface area contributed by atoms with Crippen LogP contribution < -0.4 is 5.69 Å². The molecule has 6 nitrogen and oxygen atoms in total. The summed E-state index contributed by atoms with van der Waals surface area (Å²) in [6.07, 6.45) is 1.86. The van der Waals surface area contributed by atoms with E-state index >= 15 is 0 Å². The lowest BCUT2D eigenvalue weighted by molar-refractivity contribution is 0.892. The Morgan fingerprint density at radius 3 is 2.89 bits per heavy atom. The average molecular weight is 253 g/mol. The SMILES string of the molecule is Cn1c(=O)[nH]c2cc3[nH]c(-c4ccc[nH]4)nc3cc21. The molecule has 3 heterocycles. The number of hydrogen-bond acceptors (Lipinski definition) is 2. The van der Waals surface area contributed by atoms with Crippen LogP contribution in [0.25, 0.3) is 33.6 Å². The molecule has 3 aromatic heterocycles. The zero-order valence-electron chi connectivity index (χ0n) is 10.2. The van der Waals surface area contributed by atoms with E-state index in [0.717, 1.165) is 33.6 Å². The Labute approximate surface area is 107 Å². The predicted octanol–water partition coefficient (Wildman–Crippen LogP) is 1.74. The third-order valence-corrected chi connectivity index (χ3v) is 3.36. The minimum atomic E-state index is -0.118. The number of nitrogens with zero attached hydrogens (tertiary/aromatic N) is 2. The van der Waals surface area contributed by atoms with Crippen LogP contribution in [-0.2, 0) is 7.05 Å². The van der Waals surface area contributed by atoms with Crippen LogP contribution in [0.15, 0.2) is 35.3 Å². The zero-order valence-corrected chi connectivity index (χ0v) is 10.2. The van der Waals surface area contributed by atoms with Crippen molar-refractivity contribution in [1.29, 1.82) is 0 Å². The Morgan fingerprint density at radius 2 is 2.11 bits per heavy atom. The van der Waals surface area contributed by atoms with E-state index in [2.05, 4.69) is 19.9 Å². The van der Waals surface area contributed by atoms with Crippen LogP contribution >= 0.6 is 0 Å². The number of aryl methyl sites for hydroxylation is 1. The quantitative estimate of drug-likeness (QED) is 0.483. The Hall–Kier alpha value is -2.76. The minimum Gasteiger partial charge on any atom is -0.359 e. The molecule has 0 amide bonds. The number of H-pyrrole nitrogens is 3. The van der Waals surface area contributed by atoms with Crippen molar-refractivity contribution in [2.75, 3.05) is 0 Å². The molecule has 0 aliphatic carbocycles. The molecule has 4 aromatic rings. The number of imidazole rings is 2. The molecule has 0 atom stereocenters. The first-order valence-electron chi connectivity index (χ1n) is 5.94. The van der Waals surface area contributed by atoms with Crippen LogP contribution in [0.4, 0.5) is 0 Å². The van der Waals surface area contributed by atoms with Crippen molar-refractivity contribution < 1.29 is 0 Å². The van der Waals surface area contributed by atoms with Crippen LogP contribution in [0.2, 0.25) is 0 Å². The standard InChI is InChI=1S/C13H11N5O/c1-18-11-6-9-8(5-10(11)17-13(18)19)15-12(16-9)7-3-2-4-14-7/h2-6,14H,1H3,(H,15,16)(H,17,19). The van der Waals surface area contributed by atoms with Crippen LogP contribution in [0.3, 0.4) is 0 Å². The maximum Gasteiger partial charge on any atom is 0.326 e. The van der Waals surface area contributed by atoms with Crippen LogP contribution in [0.5, 0.6) is 0 Å². The summed E-state index contributed by atoms with van der Waals surface area (Å²) in [7, 11) is 1.74. The molecule has 94 valence electrons. The van der Waals surface area contributed by atoms with Gasteiger partial charge in [0.25, 0.3) is 0 Å². The molecular formula is C13H11N5O. The fourth-order valence-corrected chi connectivity index (χ4v) is 2.34. The topological polar surface area (TPSA) is 82.3 Å². The van der Waals surface area contributed by atoms with Crippen molar-refractivity contribution in [3.63, 3.8) is 0 Å². The summed E-state index contributed by atoms with van der Waals surface area (Å²) < 4.78 is 1.58. The van der Waals surface area contributed by atoms with E-state index in [1.165, 1.54) is 0 Å². The van der Waals surface area contributed by atoms with E-state index in [4.69, 9.17) is 0 Å². The van der Waals surface area contributed by atoms with E-state index < -0.39 is 0 Å². The smallest absolute Gasteiger partial charge is 0.326 e. The van der Waals surface area contributed by atoms with Gasteiger partial charge in [-0.25, -0.2) is 9.78 Å². The summed E-state index contributed by atoms with van der Waals surface area (Å²) in [5.41, 5.74) is 4.22. The van der Waals surface area contributed by atoms with Gasteiger partial charge in [0, 0.05) is 13.2 Å². The maximum atomic E-state index is 11.6. The first kappa shape index (κ1) is 10.2. The lowest BCUT2D eigenvalue weighted by atomic mass is 10.3. The molecule has 0 unspecified atom stereocenters. The molecule has 0 bridgehead atoms. The van der Waals surface area contributed by atoms with Gasteiger partial charge in [0.05, 0.1) is 27.8 Å². The highest BCUT2D eigenvalue weighted by Crippen LogP contribution is 2.22. The summed E-state index contributed by atoms with van der Waals surface area (Å²) in [6, 6.07) is 7.70. The number of nitrogens with one attached hydrogen (secondary N) is 3. The molecule has 3 N–H and O–H groups in total. The second-order valence-corrected chi connectivity index (χ2v) is 4.54. The van der Waals surface area contributed by atoms with Crippen molar-refractivity contribution in [2.24, 2.45) is 7.05 Å². The third kappa shape index (κ3) is 1.36. The van der Waals surface area contributed by atoms with Gasteiger partial charge in [0.2, 0.25) is 0 Å².